The van der Waals surface area contributed by atoms with Crippen LogP contribution in [0.1, 0.15) is 30.9 Å². The molecule has 4 nitrogen and oxygen atoms in total. The number of piperidine rings is 1. The van der Waals surface area contributed by atoms with Gasteiger partial charge in [-0.3, -0.25) is 4.79 Å². The van der Waals surface area contributed by atoms with Gasteiger partial charge in [0.05, 0.1) is 11.1 Å². The number of halogens is 3. The Kier molecular flexibility index (Phi) is 6.65. The number of rotatable bonds is 3. The number of benzene rings is 1. The van der Waals surface area contributed by atoms with E-state index < -0.39 is 5.82 Å². The standard InChI is InChI=1S/C16H20ClFN2O2.ClH/c17-12-2-1-11(9-13(12)18)15-14(5-8-22-15)20-16(21)10-3-6-19-7-4-10;/h1-2,9-10,14-15,19H,3-8H2,(H,20,21);1H. The molecule has 7 heteroatoms. The highest BCUT2D eigenvalue weighted by Crippen LogP contribution is 2.31. The number of hydrogen-bond donors (Lipinski definition) is 2. The van der Waals surface area contributed by atoms with Crippen molar-refractivity contribution in [3.63, 3.8) is 0 Å². The predicted octanol–water partition coefficient (Wildman–Crippen LogP) is 2.85. The van der Waals surface area contributed by atoms with Crippen molar-refractivity contribution in [2.45, 2.75) is 31.4 Å². The average molecular weight is 363 g/mol. The van der Waals surface area contributed by atoms with Gasteiger partial charge < -0.3 is 15.4 Å². The molecular weight excluding hydrogens is 342 g/mol. The molecule has 3 rings (SSSR count). The Labute approximate surface area is 146 Å². The summed E-state index contributed by atoms with van der Waals surface area (Å²) < 4.78 is 19.3. The Morgan fingerprint density at radius 1 is 1.30 bits per heavy atom. The maximum Gasteiger partial charge on any atom is 0.223 e. The number of amides is 1. The Morgan fingerprint density at radius 2 is 2.04 bits per heavy atom. The topological polar surface area (TPSA) is 50.4 Å². The van der Waals surface area contributed by atoms with Crippen LogP contribution in [-0.2, 0) is 9.53 Å². The van der Waals surface area contributed by atoms with E-state index in [1.807, 2.05) is 0 Å². The van der Waals surface area contributed by atoms with Crippen molar-refractivity contribution in [1.29, 1.82) is 0 Å². The molecule has 0 saturated carbocycles. The predicted molar refractivity (Wildman–Crippen MR) is 89.5 cm³/mol. The van der Waals surface area contributed by atoms with Crippen LogP contribution in [0.3, 0.4) is 0 Å². The van der Waals surface area contributed by atoms with Gasteiger partial charge in [0.1, 0.15) is 11.9 Å². The zero-order valence-corrected chi connectivity index (χ0v) is 14.3. The number of carbonyl (C=O) groups excluding carboxylic acids is 1. The molecule has 0 spiro atoms. The van der Waals surface area contributed by atoms with Gasteiger partial charge in [-0.2, -0.15) is 0 Å². The van der Waals surface area contributed by atoms with Crippen molar-refractivity contribution < 1.29 is 13.9 Å². The lowest BCUT2D eigenvalue weighted by atomic mass is 9.95. The highest BCUT2D eigenvalue weighted by molar-refractivity contribution is 6.30. The minimum atomic E-state index is -0.460. The number of nitrogens with one attached hydrogen (secondary N) is 2. The monoisotopic (exact) mass is 362 g/mol. The number of ether oxygens (including phenoxy) is 1. The minimum Gasteiger partial charge on any atom is -0.371 e. The Hall–Kier alpha value is -0.880. The summed E-state index contributed by atoms with van der Waals surface area (Å²) in [4.78, 5) is 12.4. The summed E-state index contributed by atoms with van der Waals surface area (Å²) in [7, 11) is 0. The zero-order valence-electron chi connectivity index (χ0n) is 12.7. The molecule has 128 valence electrons. The van der Waals surface area contributed by atoms with Crippen LogP contribution in [0.4, 0.5) is 4.39 Å². The van der Waals surface area contributed by atoms with E-state index in [4.69, 9.17) is 16.3 Å². The van der Waals surface area contributed by atoms with Gasteiger partial charge in [0.25, 0.3) is 0 Å². The van der Waals surface area contributed by atoms with Crippen LogP contribution in [0.15, 0.2) is 18.2 Å². The highest BCUT2D eigenvalue weighted by atomic mass is 35.5. The first kappa shape index (κ1) is 18.5. The van der Waals surface area contributed by atoms with E-state index in [1.54, 1.807) is 6.07 Å². The van der Waals surface area contributed by atoms with Gasteiger partial charge in [-0.05, 0) is 50.0 Å². The van der Waals surface area contributed by atoms with Gasteiger partial charge in [0.15, 0.2) is 0 Å². The van der Waals surface area contributed by atoms with Gasteiger partial charge in [-0.25, -0.2) is 4.39 Å². The Balaban J connectivity index is 0.00000192. The summed E-state index contributed by atoms with van der Waals surface area (Å²) in [6, 6.07) is 4.56. The normalized spacial score (nSPS) is 25.0. The van der Waals surface area contributed by atoms with Crippen LogP contribution in [-0.4, -0.2) is 31.6 Å². The molecule has 0 aromatic heterocycles. The van der Waals surface area contributed by atoms with Crippen LogP contribution in [0.25, 0.3) is 0 Å². The smallest absolute Gasteiger partial charge is 0.223 e. The van der Waals surface area contributed by atoms with Crippen LogP contribution in [0.2, 0.25) is 5.02 Å². The lowest BCUT2D eigenvalue weighted by molar-refractivity contribution is -0.126. The quantitative estimate of drug-likeness (QED) is 0.868. The average Bonchev–Trinajstić information content (AvgIpc) is 2.99. The first-order chi connectivity index (χ1) is 10.6. The number of hydrogen-bond acceptors (Lipinski definition) is 3. The molecule has 2 saturated heterocycles. The SMILES string of the molecule is Cl.O=C(NC1CCOC1c1ccc(Cl)c(F)c1)C1CCNCC1. The minimum absolute atomic E-state index is 0. The molecule has 2 fully saturated rings. The van der Waals surface area contributed by atoms with E-state index in [2.05, 4.69) is 10.6 Å². The van der Waals surface area contributed by atoms with Crippen molar-refractivity contribution in [3.8, 4) is 0 Å². The molecule has 2 aliphatic rings. The van der Waals surface area contributed by atoms with Crippen LogP contribution in [0, 0.1) is 11.7 Å². The molecule has 1 aromatic rings. The molecule has 2 aliphatic heterocycles. The second-order valence-corrected chi connectivity index (χ2v) is 6.30. The Bertz CT molecular complexity index is 553. The third-order valence-corrected chi connectivity index (χ3v) is 4.71. The molecule has 0 bridgehead atoms. The van der Waals surface area contributed by atoms with E-state index in [0.717, 1.165) is 37.9 Å². The maximum atomic E-state index is 13.6. The maximum absolute atomic E-state index is 13.6. The summed E-state index contributed by atoms with van der Waals surface area (Å²) in [6.45, 7) is 2.32. The van der Waals surface area contributed by atoms with E-state index in [0.29, 0.717) is 6.61 Å². The third-order valence-electron chi connectivity index (χ3n) is 4.40. The molecule has 2 unspecified atom stereocenters. The summed E-state index contributed by atoms with van der Waals surface area (Å²) in [5.74, 6) is -0.320. The van der Waals surface area contributed by atoms with Crippen LogP contribution in [0.5, 0.6) is 0 Å². The summed E-state index contributed by atoms with van der Waals surface area (Å²) in [6.07, 6.45) is 2.16. The fourth-order valence-corrected chi connectivity index (χ4v) is 3.26. The van der Waals surface area contributed by atoms with E-state index >= 15 is 0 Å². The summed E-state index contributed by atoms with van der Waals surface area (Å²) in [5, 5.41) is 6.43. The Morgan fingerprint density at radius 3 is 2.74 bits per heavy atom. The summed E-state index contributed by atoms with van der Waals surface area (Å²) >= 11 is 5.72. The molecule has 2 heterocycles. The van der Waals surface area contributed by atoms with E-state index in [1.165, 1.54) is 12.1 Å². The molecular formula is C16H21Cl2FN2O2. The van der Waals surface area contributed by atoms with Gasteiger partial charge >= 0.3 is 0 Å². The first-order valence-electron chi connectivity index (χ1n) is 7.73. The fourth-order valence-electron chi connectivity index (χ4n) is 3.14. The van der Waals surface area contributed by atoms with Gasteiger partial charge in [0, 0.05) is 12.5 Å². The molecule has 0 radical (unpaired) electrons. The molecule has 1 aromatic carbocycles. The zero-order chi connectivity index (χ0) is 15.5. The highest BCUT2D eigenvalue weighted by Gasteiger charge is 2.33. The summed E-state index contributed by atoms with van der Waals surface area (Å²) in [5.41, 5.74) is 0.718. The third kappa shape index (κ3) is 4.35. The lowest BCUT2D eigenvalue weighted by Crippen LogP contribution is -2.43. The first-order valence-corrected chi connectivity index (χ1v) is 8.10. The molecule has 23 heavy (non-hydrogen) atoms. The largest absolute Gasteiger partial charge is 0.371 e. The van der Waals surface area contributed by atoms with Crippen molar-refractivity contribution in [2.24, 2.45) is 5.92 Å². The van der Waals surface area contributed by atoms with Crippen LogP contribution < -0.4 is 10.6 Å². The van der Waals surface area contributed by atoms with Gasteiger partial charge in [0.2, 0.25) is 5.91 Å². The second-order valence-electron chi connectivity index (χ2n) is 5.89. The van der Waals surface area contributed by atoms with Gasteiger partial charge in [-0.1, -0.05) is 17.7 Å². The van der Waals surface area contributed by atoms with Gasteiger partial charge in [-0.15, -0.1) is 12.4 Å². The van der Waals surface area contributed by atoms with Crippen molar-refractivity contribution >= 4 is 29.9 Å². The molecule has 2 atom stereocenters. The second kappa shape index (κ2) is 8.29. The van der Waals surface area contributed by atoms with E-state index in [9.17, 15) is 9.18 Å². The lowest BCUT2D eigenvalue weighted by Gasteiger charge is -2.26. The number of carbonyl (C=O) groups is 1. The molecule has 2 N–H and O–H groups in total. The fraction of sp³-hybridized carbons (Fsp3) is 0.562. The van der Waals surface area contributed by atoms with E-state index in [-0.39, 0.29) is 41.4 Å². The van der Waals surface area contributed by atoms with Crippen LogP contribution >= 0.6 is 24.0 Å². The van der Waals surface area contributed by atoms with Crippen molar-refractivity contribution in [2.75, 3.05) is 19.7 Å². The molecule has 1 amide bonds. The molecule has 0 aliphatic carbocycles. The van der Waals surface area contributed by atoms with Crippen molar-refractivity contribution in [3.05, 3.63) is 34.6 Å². The van der Waals surface area contributed by atoms with Crippen molar-refractivity contribution in [1.82, 2.24) is 10.6 Å².